The normalized spacial score (nSPS) is 15.6. The molecule has 8 heteroatoms. The van der Waals surface area contributed by atoms with E-state index in [1.807, 2.05) is 24.3 Å². The third-order valence-electron chi connectivity index (χ3n) is 4.33. The van der Waals surface area contributed by atoms with Crippen LogP contribution in [-0.2, 0) is 9.59 Å². The number of aliphatic imine (C=N–C) groups is 1. The van der Waals surface area contributed by atoms with Crippen LogP contribution in [0.5, 0.6) is 5.75 Å². The van der Waals surface area contributed by atoms with Crippen molar-refractivity contribution in [1.82, 2.24) is 5.32 Å². The maximum absolute atomic E-state index is 13.1. The molecule has 0 radical (unpaired) electrons. The van der Waals surface area contributed by atoms with Crippen LogP contribution in [0.4, 0.5) is 15.8 Å². The largest absolute Gasteiger partial charge is 0.483 e. The summed E-state index contributed by atoms with van der Waals surface area (Å²) >= 11 is 1.17. The number of hydrogen-bond acceptors (Lipinski definition) is 5. The molecule has 3 aromatic carbocycles. The van der Waals surface area contributed by atoms with E-state index in [0.29, 0.717) is 32.8 Å². The van der Waals surface area contributed by atoms with Gasteiger partial charge in [-0.15, -0.1) is 0 Å². The number of ether oxygens (including phenoxy) is 1. The van der Waals surface area contributed by atoms with Gasteiger partial charge in [0.1, 0.15) is 11.6 Å². The van der Waals surface area contributed by atoms with Gasteiger partial charge in [0.05, 0.1) is 10.6 Å². The fraction of sp³-hybridized carbons (Fsp3) is 0.0417. The Kier molecular flexibility index (Phi) is 6.62. The SMILES string of the molecule is O=C(COc1ccccc1/C=C1/SC(=Nc2ccc(F)cc2)NC1=O)Nc1ccccc1. The number of amides is 2. The van der Waals surface area contributed by atoms with Crippen LogP contribution in [0.2, 0.25) is 0 Å². The zero-order valence-electron chi connectivity index (χ0n) is 16.7. The first kappa shape index (κ1) is 21.3. The zero-order valence-corrected chi connectivity index (χ0v) is 17.6. The number of carbonyl (C=O) groups excluding carboxylic acids is 2. The Balaban J connectivity index is 1.44. The average Bonchev–Trinajstić information content (AvgIpc) is 3.14. The average molecular weight is 447 g/mol. The number of amidine groups is 1. The summed E-state index contributed by atoms with van der Waals surface area (Å²) in [6, 6.07) is 21.9. The molecule has 0 saturated carbocycles. The molecule has 1 saturated heterocycles. The molecule has 32 heavy (non-hydrogen) atoms. The predicted octanol–water partition coefficient (Wildman–Crippen LogP) is 4.73. The first-order valence-corrected chi connectivity index (χ1v) is 10.5. The Hall–Kier alpha value is -3.91. The van der Waals surface area contributed by atoms with E-state index < -0.39 is 0 Å². The van der Waals surface area contributed by atoms with Crippen LogP contribution in [0, 0.1) is 5.82 Å². The smallest absolute Gasteiger partial charge is 0.264 e. The zero-order chi connectivity index (χ0) is 22.3. The molecule has 0 unspecified atom stereocenters. The molecule has 0 bridgehead atoms. The number of thioether (sulfide) groups is 1. The highest BCUT2D eigenvalue weighted by Gasteiger charge is 2.24. The number of hydrogen-bond donors (Lipinski definition) is 2. The molecule has 3 aromatic rings. The topological polar surface area (TPSA) is 79.8 Å². The summed E-state index contributed by atoms with van der Waals surface area (Å²) in [6.45, 7) is -0.175. The van der Waals surface area contributed by atoms with Crippen LogP contribution in [-0.4, -0.2) is 23.6 Å². The molecule has 160 valence electrons. The van der Waals surface area contributed by atoms with Gasteiger partial charge in [0.2, 0.25) is 0 Å². The molecular formula is C24H18FN3O3S. The number of rotatable bonds is 6. The lowest BCUT2D eigenvalue weighted by Gasteiger charge is -2.10. The second-order valence-corrected chi connectivity index (χ2v) is 7.73. The van der Waals surface area contributed by atoms with Crippen molar-refractivity contribution in [2.24, 2.45) is 4.99 Å². The van der Waals surface area contributed by atoms with E-state index >= 15 is 0 Å². The fourth-order valence-electron chi connectivity index (χ4n) is 2.85. The highest BCUT2D eigenvalue weighted by molar-refractivity contribution is 8.18. The number of carbonyl (C=O) groups is 2. The van der Waals surface area contributed by atoms with E-state index in [1.54, 1.807) is 36.4 Å². The highest BCUT2D eigenvalue weighted by atomic mass is 32.2. The molecule has 0 aromatic heterocycles. The van der Waals surface area contributed by atoms with Crippen LogP contribution in [0.25, 0.3) is 6.08 Å². The number of anilines is 1. The van der Waals surface area contributed by atoms with Crippen molar-refractivity contribution in [2.45, 2.75) is 0 Å². The Morgan fingerprint density at radius 2 is 1.75 bits per heavy atom. The van der Waals surface area contributed by atoms with Gasteiger partial charge in [-0.05, 0) is 60.3 Å². The first-order valence-electron chi connectivity index (χ1n) is 9.69. The summed E-state index contributed by atoms with van der Waals surface area (Å²) in [5, 5.41) is 5.85. The molecule has 2 amide bonds. The Morgan fingerprint density at radius 1 is 1.03 bits per heavy atom. The van der Waals surface area contributed by atoms with Crippen molar-refractivity contribution in [3.63, 3.8) is 0 Å². The summed E-state index contributed by atoms with van der Waals surface area (Å²) in [7, 11) is 0. The van der Waals surface area contributed by atoms with Crippen LogP contribution >= 0.6 is 11.8 Å². The maximum atomic E-state index is 13.1. The van der Waals surface area contributed by atoms with E-state index in [0.717, 1.165) is 0 Å². The van der Waals surface area contributed by atoms with E-state index in [4.69, 9.17) is 4.74 Å². The Bertz CT molecular complexity index is 1190. The minimum Gasteiger partial charge on any atom is -0.483 e. The van der Waals surface area contributed by atoms with Gasteiger partial charge in [-0.1, -0.05) is 36.4 Å². The van der Waals surface area contributed by atoms with Gasteiger partial charge >= 0.3 is 0 Å². The summed E-state index contributed by atoms with van der Waals surface area (Å²) in [4.78, 5) is 29.3. The minimum absolute atomic E-state index is 0.175. The van der Waals surface area contributed by atoms with E-state index in [-0.39, 0.29) is 24.2 Å². The van der Waals surface area contributed by atoms with E-state index in [2.05, 4.69) is 15.6 Å². The molecule has 0 spiro atoms. The van der Waals surface area contributed by atoms with Crippen molar-refractivity contribution in [1.29, 1.82) is 0 Å². The molecule has 0 atom stereocenters. The van der Waals surface area contributed by atoms with Gasteiger partial charge in [-0.3, -0.25) is 9.59 Å². The van der Waals surface area contributed by atoms with Crippen LogP contribution in [0.3, 0.4) is 0 Å². The van der Waals surface area contributed by atoms with E-state index in [1.165, 1.54) is 36.0 Å². The third-order valence-corrected chi connectivity index (χ3v) is 5.24. The molecule has 4 rings (SSSR count). The van der Waals surface area contributed by atoms with Crippen molar-refractivity contribution in [3.05, 3.63) is 95.1 Å². The minimum atomic E-state index is -0.355. The summed E-state index contributed by atoms with van der Waals surface area (Å²) < 4.78 is 18.7. The van der Waals surface area contributed by atoms with Crippen molar-refractivity contribution < 1.29 is 18.7 Å². The fourth-order valence-corrected chi connectivity index (χ4v) is 3.68. The molecule has 1 heterocycles. The number of nitrogens with one attached hydrogen (secondary N) is 2. The van der Waals surface area contributed by atoms with Gasteiger partial charge in [-0.2, -0.15) is 0 Å². The quantitative estimate of drug-likeness (QED) is 0.535. The van der Waals surface area contributed by atoms with Gasteiger partial charge in [0.15, 0.2) is 11.8 Å². The van der Waals surface area contributed by atoms with Gasteiger partial charge in [0, 0.05) is 11.3 Å². The summed E-state index contributed by atoms with van der Waals surface area (Å²) in [5.41, 5.74) is 1.87. The van der Waals surface area contributed by atoms with Crippen molar-refractivity contribution in [3.8, 4) is 5.75 Å². The molecular weight excluding hydrogens is 429 g/mol. The Labute approximate surface area is 188 Å². The van der Waals surface area contributed by atoms with Crippen LogP contribution < -0.4 is 15.4 Å². The lowest BCUT2D eigenvalue weighted by Crippen LogP contribution is -2.20. The summed E-state index contributed by atoms with van der Waals surface area (Å²) in [6.07, 6.45) is 1.68. The molecule has 6 nitrogen and oxygen atoms in total. The van der Waals surface area contributed by atoms with Crippen molar-refractivity contribution in [2.75, 3.05) is 11.9 Å². The molecule has 1 aliphatic heterocycles. The van der Waals surface area contributed by atoms with Gasteiger partial charge in [-0.25, -0.2) is 9.38 Å². The second kappa shape index (κ2) is 9.93. The van der Waals surface area contributed by atoms with Crippen LogP contribution in [0.1, 0.15) is 5.56 Å². The second-order valence-electron chi connectivity index (χ2n) is 6.70. The van der Waals surface area contributed by atoms with Gasteiger partial charge in [0.25, 0.3) is 11.8 Å². The first-order chi connectivity index (χ1) is 15.6. The number of para-hydroxylation sites is 2. The van der Waals surface area contributed by atoms with Gasteiger partial charge < -0.3 is 15.4 Å². The van der Waals surface area contributed by atoms with Crippen molar-refractivity contribution >= 4 is 46.2 Å². The lowest BCUT2D eigenvalue weighted by atomic mass is 10.2. The predicted molar refractivity (Wildman–Crippen MR) is 124 cm³/mol. The number of benzene rings is 3. The molecule has 1 fully saturated rings. The number of halogens is 1. The monoisotopic (exact) mass is 447 g/mol. The molecule has 1 aliphatic rings. The van der Waals surface area contributed by atoms with Crippen LogP contribution in [0.15, 0.2) is 88.8 Å². The standard InChI is InChI=1S/C24H18FN3O3S/c25-17-10-12-19(13-11-17)27-24-28-23(30)21(32-24)14-16-6-4-5-9-20(16)31-15-22(29)26-18-7-2-1-3-8-18/h1-14H,15H2,(H,26,29)(H,27,28,30)/b21-14+. The summed E-state index contributed by atoms with van der Waals surface area (Å²) in [5.74, 6) is -0.472. The molecule has 2 N–H and O–H groups in total. The highest BCUT2D eigenvalue weighted by Crippen LogP contribution is 2.30. The Morgan fingerprint density at radius 3 is 2.53 bits per heavy atom. The molecule has 0 aliphatic carbocycles. The van der Waals surface area contributed by atoms with E-state index in [9.17, 15) is 14.0 Å². The maximum Gasteiger partial charge on any atom is 0.264 e. The third kappa shape index (κ3) is 5.61. The number of nitrogens with zero attached hydrogens (tertiary/aromatic N) is 1. The lowest BCUT2D eigenvalue weighted by molar-refractivity contribution is -0.118.